The molecule has 0 spiro atoms. The molecule has 0 amide bonds. The van der Waals surface area contributed by atoms with Crippen LogP contribution in [0.5, 0.6) is 11.5 Å². The van der Waals surface area contributed by atoms with Crippen molar-refractivity contribution in [1.29, 1.82) is 0 Å². The largest absolute Gasteiger partial charge is 0.454 e. The van der Waals surface area contributed by atoms with Crippen molar-refractivity contribution in [2.45, 2.75) is 17.9 Å². The Balaban J connectivity index is 1.53. The van der Waals surface area contributed by atoms with E-state index in [0.29, 0.717) is 24.7 Å². The molecule has 0 aromatic heterocycles. The number of aryl methyl sites for hydroxylation is 1. The molecule has 150 valence electrons. The van der Waals surface area contributed by atoms with Crippen LogP contribution in [0.15, 0.2) is 47.4 Å². The quantitative estimate of drug-likeness (QED) is 0.794. The van der Waals surface area contributed by atoms with Crippen LogP contribution in [-0.4, -0.2) is 53.0 Å². The van der Waals surface area contributed by atoms with Gasteiger partial charge in [-0.25, -0.2) is 13.1 Å². The van der Waals surface area contributed by atoms with Crippen LogP contribution < -0.4 is 14.2 Å². The van der Waals surface area contributed by atoms with E-state index in [4.69, 9.17) is 14.2 Å². The number of fused-ring (bicyclic) bond motifs is 1. The maximum absolute atomic E-state index is 12.9. The van der Waals surface area contributed by atoms with E-state index in [1.165, 1.54) is 17.7 Å². The zero-order valence-electron chi connectivity index (χ0n) is 15.8. The summed E-state index contributed by atoms with van der Waals surface area (Å²) in [5, 5.41) is 0. The number of nitrogens with one attached hydrogen (secondary N) is 1. The normalized spacial score (nSPS) is 18.2. The third-order valence-corrected chi connectivity index (χ3v) is 6.49. The van der Waals surface area contributed by atoms with Gasteiger partial charge in [-0.05, 0) is 24.6 Å². The van der Waals surface area contributed by atoms with Crippen molar-refractivity contribution in [3.05, 3.63) is 53.6 Å². The predicted molar refractivity (Wildman–Crippen MR) is 104 cm³/mol. The summed E-state index contributed by atoms with van der Waals surface area (Å²) in [6, 6.07) is 12.8. The Morgan fingerprint density at radius 3 is 2.50 bits per heavy atom. The molecule has 2 aromatic rings. The van der Waals surface area contributed by atoms with E-state index in [2.05, 4.69) is 33.9 Å². The summed E-state index contributed by atoms with van der Waals surface area (Å²) in [4.78, 5) is 2.43. The maximum Gasteiger partial charge on any atom is 0.240 e. The molecule has 1 saturated heterocycles. The zero-order valence-corrected chi connectivity index (χ0v) is 16.6. The number of nitrogens with zero attached hydrogens (tertiary/aromatic N) is 1. The molecule has 1 atom stereocenters. The van der Waals surface area contributed by atoms with Gasteiger partial charge in [0.1, 0.15) is 0 Å². The highest BCUT2D eigenvalue weighted by Crippen LogP contribution is 2.34. The summed E-state index contributed by atoms with van der Waals surface area (Å²) in [5.41, 5.74) is 2.26. The first-order valence-corrected chi connectivity index (χ1v) is 10.8. The molecule has 2 aliphatic heterocycles. The van der Waals surface area contributed by atoms with Gasteiger partial charge in [-0.15, -0.1) is 0 Å². The number of ether oxygens (including phenoxy) is 3. The lowest BCUT2D eigenvalue weighted by Gasteiger charge is -2.35. The zero-order chi connectivity index (χ0) is 19.6. The number of benzene rings is 2. The third kappa shape index (κ3) is 4.15. The number of hydrogen-bond donors (Lipinski definition) is 1. The highest BCUT2D eigenvalue weighted by atomic mass is 32.2. The molecular formula is C20H24N2O5S. The number of morpholine rings is 1. The molecule has 2 aliphatic rings. The van der Waals surface area contributed by atoms with E-state index < -0.39 is 10.0 Å². The molecule has 8 heteroatoms. The Morgan fingerprint density at radius 1 is 1.04 bits per heavy atom. The van der Waals surface area contributed by atoms with Crippen molar-refractivity contribution in [3.63, 3.8) is 0 Å². The second-order valence-corrected chi connectivity index (χ2v) is 8.71. The topological polar surface area (TPSA) is 77.1 Å². The third-order valence-electron chi connectivity index (χ3n) is 5.07. The molecule has 1 fully saturated rings. The summed E-state index contributed by atoms with van der Waals surface area (Å²) in [6.07, 6.45) is 0. The van der Waals surface area contributed by atoms with E-state index in [-0.39, 0.29) is 24.3 Å². The molecule has 1 N–H and O–H groups in total. The minimum atomic E-state index is -3.68. The predicted octanol–water partition coefficient (Wildman–Crippen LogP) is 2.08. The molecule has 2 aromatic carbocycles. The molecule has 2 heterocycles. The van der Waals surface area contributed by atoms with Crippen LogP contribution in [0.2, 0.25) is 0 Å². The Hall–Kier alpha value is -2.13. The standard InChI is InChI=1S/C20H24N2O5S/c1-15-2-4-16(5-3-15)18(22-8-10-25-11-9-22)13-21-28(23,24)17-6-7-19-20(12-17)27-14-26-19/h2-7,12,18,21H,8-11,13-14H2,1H3. The summed E-state index contributed by atoms with van der Waals surface area (Å²) in [5.74, 6) is 1.01. The Labute approximate surface area is 165 Å². The molecular weight excluding hydrogens is 380 g/mol. The summed E-state index contributed by atoms with van der Waals surface area (Å²) in [6.45, 7) is 5.26. The summed E-state index contributed by atoms with van der Waals surface area (Å²) in [7, 11) is -3.68. The van der Waals surface area contributed by atoms with Gasteiger partial charge in [-0.3, -0.25) is 4.90 Å². The van der Waals surface area contributed by atoms with Crippen LogP contribution in [0.4, 0.5) is 0 Å². The summed E-state index contributed by atoms with van der Waals surface area (Å²) < 4.78 is 44.5. The average molecular weight is 404 g/mol. The van der Waals surface area contributed by atoms with E-state index in [9.17, 15) is 8.42 Å². The van der Waals surface area contributed by atoms with Crippen molar-refractivity contribution in [2.75, 3.05) is 39.6 Å². The Bertz CT molecular complexity index is 924. The summed E-state index contributed by atoms with van der Waals surface area (Å²) >= 11 is 0. The fraction of sp³-hybridized carbons (Fsp3) is 0.400. The van der Waals surface area contributed by atoms with Crippen molar-refractivity contribution in [1.82, 2.24) is 9.62 Å². The van der Waals surface area contributed by atoms with Crippen LogP contribution in [0.1, 0.15) is 17.2 Å². The van der Waals surface area contributed by atoms with Gasteiger partial charge in [0, 0.05) is 31.7 Å². The van der Waals surface area contributed by atoms with Crippen molar-refractivity contribution < 1.29 is 22.6 Å². The second-order valence-electron chi connectivity index (χ2n) is 6.94. The van der Waals surface area contributed by atoms with Crippen LogP contribution in [0.25, 0.3) is 0 Å². The van der Waals surface area contributed by atoms with Gasteiger partial charge in [0.25, 0.3) is 0 Å². The van der Waals surface area contributed by atoms with Gasteiger partial charge >= 0.3 is 0 Å². The van der Waals surface area contributed by atoms with Gasteiger partial charge in [0.05, 0.1) is 18.1 Å². The Morgan fingerprint density at radius 2 is 1.75 bits per heavy atom. The highest BCUT2D eigenvalue weighted by molar-refractivity contribution is 7.89. The number of rotatable bonds is 6. The lowest BCUT2D eigenvalue weighted by atomic mass is 10.0. The first kappa shape index (κ1) is 19.2. The van der Waals surface area contributed by atoms with E-state index in [1.807, 2.05) is 6.92 Å². The second kappa shape index (κ2) is 8.08. The van der Waals surface area contributed by atoms with Crippen LogP contribution in [0, 0.1) is 6.92 Å². The smallest absolute Gasteiger partial charge is 0.240 e. The monoisotopic (exact) mass is 404 g/mol. The molecule has 28 heavy (non-hydrogen) atoms. The van der Waals surface area contributed by atoms with Gasteiger partial charge in [-0.2, -0.15) is 0 Å². The van der Waals surface area contributed by atoms with Crippen molar-refractivity contribution >= 4 is 10.0 Å². The van der Waals surface area contributed by atoms with Crippen molar-refractivity contribution in [3.8, 4) is 11.5 Å². The molecule has 1 unspecified atom stereocenters. The Kier molecular flexibility index (Phi) is 5.54. The minimum Gasteiger partial charge on any atom is -0.454 e. The molecule has 4 rings (SSSR count). The molecule has 0 bridgehead atoms. The SMILES string of the molecule is Cc1ccc(C(CNS(=O)(=O)c2ccc3c(c2)OCO3)N2CCOCC2)cc1. The van der Waals surface area contributed by atoms with Crippen LogP contribution in [-0.2, 0) is 14.8 Å². The molecule has 7 nitrogen and oxygen atoms in total. The minimum absolute atomic E-state index is 0.0618. The fourth-order valence-corrected chi connectivity index (χ4v) is 4.50. The highest BCUT2D eigenvalue weighted by Gasteiger charge is 2.26. The van der Waals surface area contributed by atoms with Gasteiger partial charge < -0.3 is 14.2 Å². The molecule has 0 saturated carbocycles. The molecule has 0 radical (unpaired) electrons. The average Bonchev–Trinajstić information content (AvgIpc) is 3.18. The lowest BCUT2D eigenvalue weighted by molar-refractivity contribution is 0.0172. The lowest BCUT2D eigenvalue weighted by Crippen LogP contribution is -2.43. The van der Waals surface area contributed by atoms with E-state index in [1.54, 1.807) is 6.07 Å². The van der Waals surface area contributed by atoms with Crippen LogP contribution in [0.3, 0.4) is 0 Å². The maximum atomic E-state index is 12.9. The van der Waals surface area contributed by atoms with Crippen LogP contribution >= 0.6 is 0 Å². The van der Waals surface area contributed by atoms with E-state index in [0.717, 1.165) is 18.7 Å². The molecule has 0 aliphatic carbocycles. The van der Waals surface area contributed by atoms with Gasteiger partial charge in [-0.1, -0.05) is 29.8 Å². The fourth-order valence-electron chi connectivity index (χ4n) is 3.45. The van der Waals surface area contributed by atoms with Crippen molar-refractivity contribution in [2.24, 2.45) is 0 Å². The number of sulfonamides is 1. The first-order valence-electron chi connectivity index (χ1n) is 9.31. The van der Waals surface area contributed by atoms with Gasteiger partial charge in [0.15, 0.2) is 11.5 Å². The van der Waals surface area contributed by atoms with Gasteiger partial charge in [0.2, 0.25) is 16.8 Å². The first-order chi connectivity index (χ1) is 13.5. The van der Waals surface area contributed by atoms with E-state index >= 15 is 0 Å². The number of hydrogen-bond acceptors (Lipinski definition) is 6.